The number of carbonyl (C=O) groups is 2. The maximum absolute atomic E-state index is 12.6. The normalized spacial score (nSPS) is 16.0. The van der Waals surface area contributed by atoms with Crippen molar-refractivity contribution in [1.82, 2.24) is 5.32 Å². The highest BCUT2D eigenvalue weighted by Crippen LogP contribution is 2.27. The van der Waals surface area contributed by atoms with Gasteiger partial charge in [-0.1, -0.05) is 25.3 Å². The number of rotatable bonds is 4. The van der Waals surface area contributed by atoms with Crippen LogP contribution in [0.3, 0.4) is 0 Å². The lowest BCUT2D eigenvalue weighted by molar-refractivity contribution is -0.139. The van der Waals surface area contributed by atoms with Crippen LogP contribution < -0.4 is 10.6 Å². The Hall–Kier alpha value is -1.36. The maximum atomic E-state index is 12.6. The SMILES string of the molecule is Cc1ccc(NC(=O)C(C)(C)C(=O)NC2CCCCC2)c(Br)c1. The molecule has 0 aromatic heterocycles. The van der Waals surface area contributed by atoms with Crippen molar-refractivity contribution in [1.29, 1.82) is 0 Å². The summed E-state index contributed by atoms with van der Waals surface area (Å²) in [6.45, 7) is 5.32. The monoisotopic (exact) mass is 380 g/mol. The van der Waals surface area contributed by atoms with E-state index in [1.165, 1.54) is 6.42 Å². The average molecular weight is 381 g/mol. The molecule has 1 aromatic rings. The fourth-order valence-corrected chi connectivity index (χ4v) is 3.31. The topological polar surface area (TPSA) is 58.2 Å². The summed E-state index contributed by atoms with van der Waals surface area (Å²) in [5, 5.41) is 5.89. The Morgan fingerprint density at radius 1 is 1.13 bits per heavy atom. The molecule has 2 amide bonds. The quantitative estimate of drug-likeness (QED) is 0.769. The molecule has 0 heterocycles. The summed E-state index contributed by atoms with van der Waals surface area (Å²) in [7, 11) is 0. The van der Waals surface area contributed by atoms with E-state index in [9.17, 15) is 9.59 Å². The number of hydrogen-bond acceptors (Lipinski definition) is 2. The zero-order valence-corrected chi connectivity index (χ0v) is 15.6. The molecule has 23 heavy (non-hydrogen) atoms. The molecule has 2 N–H and O–H groups in total. The fraction of sp³-hybridized carbons (Fsp3) is 0.556. The van der Waals surface area contributed by atoms with E-state index >= 15 is 0 Å². The van der Waals surface area contributed by atoms with Crippen LogP contribution in [0.5, 0.6) is 0 Å². The van der Waals surface area contributed by atoms with Crippen molar-refractivity contribution < 1.29 is 9.59 Å². The third-order valence-electron chi connectivity index (χ3n) is 4.45. The van der Waals surface area contributed by atoms with Gasteiger partial charge in [-0.3, -0.25) is 9.59 Å². The van der Waals surface area contributed by atoms with Gasteiger partial charge < -0.3 is 10.6 Å². The highest BCUT2D eigenvalue weighted by molar-refractivity contribution is 9.10. The lowest BCUT2D eigenvalue weighted by Crippen LogP contribution is -2.49. The second-order valence-electron chi connectivity index (χ2n) is 6.87. The predicted octanol–water partition coefficient (Wildman–Crippen LogP) is 4.17. The molecule has 1 saturated carbocycles. The Kier molecular flexibility index (Phi) is 5.84. The second kappa shape index (κ2) is 7.47. The number of halogens is 1. The van der Waals surface area contributed by atoms with E-state index in [1.54, 1.807) is 13.8 Å². The summed E-state index contributed by atoms with van der Waals surface area (Å²) in [5.41, 5.74) is 0.671. The smallest absolute Gasteiger partial charge is 0.239 e. The molecule has 0 radical (unpaired) electrons. The summed E-state index contributed by atoms with van der Waals surface area (Å²) in [6, 6.07) is 5.90. The highest BCUT2D eigenvalue weighted by atomic mass is 79.9. The summed E-state index contributed by atoms with van der Waals surface area (Å²) in [4.78, 5) is 25.1. The second-order valence-corrected chi connectivity index (χ2v) is 7.73. The molecule has 4 nitrogen and oxygen atoms in total. The van der Waals surface area contributed by atoms with Crippen molar-refractivity contribution >= 4 is 33.4 Å². The van der Waals surface area contributed by atoms with Gasteiger partial charge in [-0.2, -0.15) is 0 Å². The van der Waals surface area contributed by atoms with Crippen molar-refractivity contribution in [3.05, 3.63) is 28.2 Å². The first kappa shape index (κ1) is 18.0. The van der Waals surface area contributed by atoms with Gasteiger partial charge in [0.1, 0.15) is 5.41 Å². The largest absolute Gasteiger partial charge is 0.352 e. The molecule has 0 aliphatic heterocycles. The van der Waals surface area contributed by atoms with Crippen LogP contribution in [-0.4, -0.2) is 17.9 Å². The first-order valence-electron chi connectivity index (χ1n) is 8.19. The lowest BCUT2D eigenvalue weighted by Gasteiger charge is -2.28. The van der Waals surface area contributed by atoms with E-state index in [0.29, 0.717) is 5.69 Å². The third kappa shape index (κ3) is 4.56. The van der Waals surface area contributed by atoms with Gasteiger partial charge >= 0.3 is 0 Å². The van der Waals surface area contributed by atoms with E-state index in [-0.39, 0.29) is 17.9 Å². The van der Waals surface area contributed by atoms with E-state index in [2.05, 4.69) is 26.6 Å². The summed E-state index contributed by atoms with van der Waals surface area (Å²) < 4.78 is 0.814. The van der Waals surface area contributed by atoms with Crippen LogP contribution in [-0.2, 0) is 9.59 Å². The van der Waals surface area contributed by atoms with Crippen LogP contribution in [0, 0.1) is 12.3 Å². The number of nitrogens with one attached hydrogen (secondary N) is 2. The van der Waals surface area contributed by atoms with Crippen LogP contribution in [0.1, 0.15) is 51.5 Å². The average Bonchev–Trinajstić information content (AvgIpc) is 2.50. The molecule has 1 fully saturated rings. The molecule has 0 bridgehead atoms. The molecule has 0 saturated heterocycles. The Labute approximate surface area is 146 Å². The number of anilines is 1. The standard InChI is InChI=1S/C18H25BrN2O2/c1-12-9-10-15(14(19)11-12)21-17(23)18(2,3)16(22)20-13-7-5-4-6-8-13/h9-11,13H,4-8H2,1-3H3,(H,20,22)(H,21,23). The molecule has 126 valence electrons. The van der Waals surface area contributed by atoms with Gasteiger partial charge in [0.2, 0.25) is 11.8 Å². The van der Waals surface area contributed by atoms with Crippen LogP contribution in [0.2, 0.25) is 0 Å². The van der Waals surface area contributed by atoms with Crippen molar-refractivity contribution in [3.63, 3.8) is 0 Å². The fourth-order valence-electron chi connectivity index (χ4n) is 2.72. The summed E-state index contributed by atoms with van der Waals surface area (Å²) in [5.74, 6) is -0.500. The lowest BCUT2D eigenvalue weighted by atomic mass is 9.88. The van der Waals surface area contributed by atoms with Gasteiger partial charge in [0.05, 0.1) is 5.69 Å². The Bertz CT molecular complexity index is 593. The molecular weight excluding hydrogens is 356 g/mol. The Morgan fingerprint density at radius 2 is 1.78 bits per heavy atom. The minimum absolute atomic E-state index is 0.203. The molecule has 2 rings (SSSR count). The van der Waals surface area contributed by atoms with E-state index in [1.807, 2.05) is 25.1 Å². The third-order valence-corrected chi connectivity index (χ3v) is 5.10. The molecular formula is C18H25BrN2O2. The van der Waals surface area contributed by atoms with Crippen LogP contribution in [0.15, 0.2) is 22.7 Å². The maximum Gasteiger partial charge on any atom is 0.239 e. The van der Waals surface area contributed by atoms with E-state index < -0.39 is 5.41 Å². The molecule has 0 atom stereocenters. The molecule has 5 heteroatoms. The van der Waals surface area contributed by atoms with Crippen molar-refractivity contribution in [2.24, 2.45) is 5.41 Å². The van der Waals surface area contributed by atoms with Gasteiger partial charge in [-0.25, -0.2) is 0 Å². The van der Waals surface area contributed by atoms with Gasteiger partial charge in [-0.15, -0.1) is 0 Å². The zero-order valence-electron chi connectivity index (χ0n) is 14.0. The number of carbonyl (C=O) groups excluding carboxylic acids is 2. The molecule has 0 spiro atoms. The van der Waals surface area contributed by atoms with E-state index in [0.717, 1.165) is 35.7 Å². The van der Waals surface area contributed by atoms with Gasteiger partial charge in [0, 0.05) is 10.5 Å². The van der Waals surface area contributed by atoms with Crippen molar-refractivity contribution in [2.45, 2.75) is 58.9 Å². The molecule has 1 aliphatic rings. The number of hydrogen-bond donors (Lipinski definition) is 2. The van der Waals surface area contributed by atoms with Crippen LogP contribution >= 0.6 is 15.9 Å². The van der Waals surface area contributed by atoms with Crippen LogP contribution in [0.25, 0.3) is 0 Å². The zero-order chi connectivity index (χ0) is 17.0. The first-order chi connectivity index (χ1) is 10.8. The number of benzene rings is 1. The minimum Gasteiger partial charge on any atom is -0.352 e. The molecule has 1 aromatic carbocycles. The predicted molar refractivity (Wildman–Crippen MR) is 96.3 cm³/mol. The van der Waals surface area contributed by atoms with Crippen molar-refractivity contribution in [3.8, 4) is 0 Å². The van der Waals surface area contributed by atoms with E-state index in [4.69, 9.17) is 0 Å². The highest BCUT2D eigenvalue weighted by Gasteiger charge is 2.37. The molecule has 0 unspecified atom stereocenters. The van der Waals surface area contributed by atoms with Gasteiger partial charge in [0.25, 0.3) is 0 Å². The minimum atomic E-state index is -1.11. The van der Waals surface area contributed by atoms with Crippen molar-refractivity contribution in [2.75, 3.05) is 5.32 Å². The Balaban J connectivity index is 2.02. The summed E-state index contributed by atoms with van der Waals surface area (Å²) >= 11 is 3.44. The van der Waals surface area contributed by atoms with Gasteiger partial charge in [-0.05, 0) is 67.2 Å². The molecule has 1 aliphatic carbocycles. The summed E-state index contributed by atoms with van der Waals surface area (Å²) in [6.07, 6.45) is 5.54. The Morgan fingerprint density at radius 3 is 2.39 bits per heavy atom. The van der Waals surface area contributed by atoms with Crippen LogP contribution in [0.4, 0.5) is 5.69 Å². The number of amides is 2. The van der Waals surface area contributed by atoms with Gasteiger partial charge in [0.15, 0.2) is 0 Å². The number of aryl methyl sites for hydroxylation is 1. The first-order valence-corrected chi connectivity index (χ1v) is 8.98.